The van der Waals surface area contributed by atoms with Crippen LogP contribution in [-0.2, 0) is 0 Å². The van der Waals surface area contributed by atoms with E-state index in [0.29, 0.717) is 30.8 Å². The van der Waals surface area contributed by atoms with Gasteiger partial charge < -0.3 is 20.3 Å². The molecule has 0 saturated heterocycles. The minimum absolute atomic E-state index is 0.0905. The fourth-order valence-electron chi connectivity index (χ4n) is 2.37. The van der Waals surface area contributed by atoms with Gasteiger partial charge in [0.05, 0.1) is 6.10 Å². The summed E-state index contributed by atoms with van der Waals surface area (Å²) in [4.78, 5) is 11.6. The van der Waals surface area contributed by atoms with E-state index in [2.05, 4.69) is 5.32 Å². The number of aliphatic hydroxyl groups is 2. The summed E-state index contributed by atoms with van der Waals surface area (Å²) in [5.74, 6) is 0.698. The first kappa shape index (κ1) is 19.1. The summed E-state index contributed by atoms with van der Waals surface area (Å²) in [6.45, 7) is 2.63. The lowest BCUT2D eigenvalue weighted by Crippen LogP contribution is -2.33. The monoisotopic (exact) mass is 343 g/mol. The Hall–Kier alpha value is -2.21. The maximum absolute atomic E-state index is 11.6. The quantitative estimate of drug-likeness (QED) is 0.577. The van der Waals surface area contributed by atoms with E-state index in [1.54, 1.807) is 24.3 Å². The lowest BCUT2D eigenvalue weighted by molar-refractivity contribution is 0.0980. The van der Waals surface area contributed by atoms with Crippen molar-refractivity contribution in [2.45, 2.75) is 25.6 Å². The van der Waals surface area contributed by atoms with Crippen molar-refractivity contribution in [1.82, 2.24) is 5.32 Å². The molecule has 134 valence electrons. The van der Waals surface area contributed by atoms with Crippen LogP contribution < -0.4 is 10.1 Å². The Balaban J connectivity index is 1.68. The third-order valence-electron chi connectivity index (χ3n) is 3.84. The van der Waals surface area contributed by atoms with E-state index in [0.717, 1.165) is 5.56 Å². The normalized spacial score (nSPS) is 13.2. The van der Waals surface area contributed by atoms with Gasteiger partial charge in [0, 0.05) is 25.1 Å². The zero-order chi connectivity index (χ0) is 18.1. The van der Waals surface area contributed by atoms with Crippen molar-refractivity contribution in [3.05, 3.63) is 65.7 Å². The van der Waals surface area contributed by atoms with Crippen LogP contribution in [0.5, 0.6) is 5.75 Å². The molecule has 0 heterocycles. The Labute approximate surface area is 148 Å². The second-order valence-electron chi connectivity index (χ2n) is 5.85. The second-order valence-corrected chi connectivity index (χ2v) is 5.85. The Morgan fingerprint density at radius 2 is 1.72 bits per heavy atom. The van der Waals surface area contributed by atoms with Gasteiger partial charge in [0.2, 0.25) is 0 Å². The van der Waals surface area contributed by atoms with Crippen molar-refractivity contribution in [2.75, 3.05) is 19.7 Å². The van der Waals surface area contributed by atoms with Gasteiger partial charge in [-0.25, -0.2) is 0 Å². The van der Waals surface area contributed by atoms with Gasteiger partial charge in [0.25, 0.3) is 0 Å². The molecule has 5 heteroatoms. The zero-order valence-electron chi connectivity index (χ0n) is 14.4. The molecule has 0 aliphatic rings. The molecule has 0 radical (unpaired) electrons. The molecular formula is C20H25NO4. The maximum atomic E-state index is 11.6. The van der Waals surface area contributed by atoms with Gasteiger partial charge in [-0.15, -0.1) is 0 Å². The summed E-state index contributed by atoms with van der Waals surface area (Å²) in [5, 5.41) is 23.0. The SMILES string of the molecule is CCC(=O)c1ccc(OCC(O)CNCC(O)c2ccccc2)cc1. The highest BCUT2D eigenvalue weighted by atomic mass is 16.5. The van der Waals surface area contributed by atoms with Gasteiger partial charge in [-0.05, 0) is 29.8 Å². The van der Waals surface area contributed by atoms with E-state index in [1.807, 2.05) is 37.3 Å². The summed E-state index contributed by atoms with van der Waals surface area (Å²) in [6.07, 6.45) is -0.836. The van der Waals surface area contributed by atoms with Gasteiger partial charge in [0.15, 0.2) is 5.78 Å². The Morgan fingerprint density at radius 3 is 2.36 bits per heavy atom. The van der Waals surface area contributed by atoms with Gasteiger partial charge in [-0.2, -0.15) is 0 Å². The largest absolute Gasteiger partial charge is 0.491 e. The molecule has 25 heavy (non-hydrogen) atoms. The third-order valence-corrected chi connectivity index (χ3v) is 3.84. The number of Topliss-reactive ketones (excluding diaryl/α,β-unsaturated/α-hetero) is 1. The van der Waals surface area contributed by atoms with Crippen LogP contribution in [0, 0.1) is 0 Å². The van der Waals surface area contributed by atoms with Crippen molar-refractivity contribution < 1.29 is 19.7 Å². The molecular weight excluding hydrogens is 318 g/mol. The molecule has 0 saturated carbocycles. The molecule has 2 rings (SSSR count). The highest BCUT2D eigenvalue weighted by molar-refractivity contribution is 5.95. The number of nitrogens with one attached hydrogen (secondary N) is 1. The molecule has 3 N–H and O–H groups in total. The van der Waals surface area contributed by atoms with E-state index in [-0.39, 0.29) is 12.4 Å². The molecule has 0 bridgehead atoms. The van der Waals surface area contributed by atoms with Gasteiger partial charge >= 0.3 is 0 Å². The molecule has 0 spiro atoms. The fourth-order valence-corrected chi connectivity index (χ4v) is 2.37. The average Bonchev–Trinajstić information content (AvgIpc) is 2.66. The average molecular weight is 343 g/mol. The molecule has 2 atom stereocenters. The van der Waals surface area contributed by atoms with Crippen LogP contribution in [0.3, 0.4) is 0 Å². The van der Waals surface area contributed by atoms with Crippen LogP contribution >= 0.6 is 0 Å². The van der Waals surface area contributed by atoms with Crippen molar-refractivity contribution in [1.29, 1.82) is 0 Å². The summed E-state index contributed by atoms with van der Waals surface area (Å²) >= 11 is 0. The smallest absolute Gasteiger partial charge is 0.162 e. The molecule has 0 aromatic heterocycles. The van der Waals surface area contributed by atoms with Crippen molar-refractivity contribution in [3.63, 3.8) is 0 Å². The first-order valence-corrected chi connectivity index (χ1v) is 8.48. The number of carbonyl (C=O) groups excluding carboxylic acids is 1. The van der Waals surface area contributed by atoms with Crippen LogP contribution in [0.25, 0.3) is 0 Å². The predicted molar refractivity (Wildman–Crippen MR) is 96.8 cm³/mol. The van der Waals surface area contributed by atoms with E-state index in [9.17, 15) is 15.0 Å². The summed E-state index contributed by atoms with van der Waals surface area (Å²) in [7, 11) is 0. The minimum Gasteiger partial charge on any atom is -0.491 e. The van der Waals surface area contributed by atoms with Crippen molar-refractivity contribution in [3.8, 4) is 5.75 Å². The van der Waals surface area contributed by atoms with Crippen LogP contribution in [0.2, 0.25) is 0 Å². The molecule has 0 aliphatic heterocycles. The number of ether oxygens (including phenoxy) is 1. The lowest BCUT2D eigenvalue weighted by Gasteiger charge is -2.16. The Kier molecular flexibility index (Phi) is 7.60. The molecule has 0 aliphatic carbocycles. The summed E-state index contributed by atoms with van der Waals surface area (Å²) in [5.41, 5.74) is 1.49. The van der Waals surface area contributed by atoms with E-state index in [1.165, 1.54) is 0 Å². The van der Waals surface area contributed by atoms with E-state index < -0.39 is 12.2 Å². The summed E-state index contributed by atoms with van der Waals surface area (Å²) in [6, 6.07) is 16.3. The maximum Gasteiger partial charge on any atom is 0.162 e. The van der Waals surface area contributed by atoms with E-state index in [4.69, 9.17) is 4.74 Å². The molecule has 2 unspecified atom stereocenters. The van der Waals surface area contributed by atoms with Crippen LogP contribution in [0.4, 0.5) is 0 Å². The number of ketones is 1. The van der Waals surface area contributed by atoms with Crippen LogP contribution in [0.15, 0.2) is 54.6 Å². The topological polar surface area (TPSA) is 78.8 Å². The zero-order valence-corrected chi connectivity index (χ0v) is 14.4. The third kappa shape index (κ3) is 6.31. The predicted octanol–water partition coefficient (Wildman–Crippen LogP) is 2.34. The van der Waals surface area contributed by atoms with Crippen LogP contribution in [0.1, 0.15) is 35.4 Å². The van der Waals surface area contributed by atoms with Gasteiger partial charge in [-0.1, -0.05) is 37.3 Å². The number of benzene rings is 2. The first-order valence-electron chi connectivity index (χ1n) is 8.48. The van der Waals surface area contributed by atoms with Crippen molar-refractivity contribution >= 4 is 5.78 Å². The number of hydrogen-bond acceptors (Lipinski definition) is 5. The molecule has 0 amide bonds. The Bertz CT molecular complexity index is 643. The number of carbonyl (C=O) groups is 1. The molecule has 5 nitrogen and oxygen atoms in total. The number of hydrogen-bond donors (Lipinski definition) is 3. The van der Waals surface area contributed by atoms with Gasteiger partial charge in [0.1, 0.15) is 18.5 Å². The van der Waals surface area contributed by atoms with E-state index >= 15 is 0 Å². The summed E-state index contributed by atoms with van der Waals surface area (Å²) < 4.78 is 5.51. The first-order chi connectivity index (χ1) is 12.1. The second kappa shape index (κ2) is 9.93. The molecule has 2 aromatic rings. The Morgan fingerprint density at radius 1 is 1.04 bits per heavy atom. The standard InChI is InChI=1S/C20H25NO4/c1-2-19(23)16-8-10-18(11-9-16)25-14-17(22)12-21-13-20(24)15-6-4-3-5-7-15/h3-11,17,20-22,24H,2,12-14H2,1H3. The molecule has 2 aromatic carbocycles. The highest BCUT2D eigenvalue weighted by Crippen LogP contribution is 2.14. The fraction of sp³-hybridized carbons (Fsp3) is 0.350. The minimum atomic E-state index is -0.695. The molecule has 0 fully saturated rings. The number of aliphatic hydroxyl groups excluding tert-OH is 2. The van der Waals surface area contributed by atoms with Crippen molar-refractivity contribution in [2.24, 2.45) is 0 Å². The van der Waals surface area contributed by atoms with Gasteiger partial charge in [-0.3, -0.25) is 4.79 Å². The van der Waals surface area contributed by atoms with Crippen LogP contribution in [-0.4, -0.2) is 41.8 Å². The highest BCUT2D eigenvalue weighted by Gasteiger charge is 2.09. The lowest BCUT2D eigenvalue weighted by atomic mass is 10.1. The number of rotatable bonds is 10.